The number of ether oxygens (including phenoxy) is 2. The SMILES string of the molecule is COCc1nc(CCOC2CCN(C(=O)c3ccc(F)cn3)CC2)no1. The van der Waals surface area contributed by atoms with Crippen LogP contribution in [0, 0.1) is 5.82 Å². The zero-order chi connectivity index (χ0) is 18.4. The Bertz CT molecular complexity index is 714. The predicted octanol–water partition coefficient (Wildman–Crippen LogP) is 1.61. The number of likely N-dealkylation sites (tertiary alicyclic amines) is 1. The molecule has 9 heteroatoms. The molecule has 0 N–H and O–H groups in total. The summed E-state index contributed by atoms with van der Waals surface area (Å²) in [6.45, 7) is 1.96. The molecule has 1 saturated heterocycles. The number of rotatable bonds is 7. The third kappa shape index (κ3) is 4.83. The molecule has 0 radical (unpaired) electrons. The van der Waals surface area contributed by atoms with Crippen LogP contribution in [0.25, 0.3) is 0 Å². The molecule has 8 nitrogen and oxygen atoms in total. The Morgan fingerprint density at radius 2 is 2.19 bits per heavy atom. The summed E-state index contributed by atoms with van der Waals surface area (Å²) in [6.07, 6.45) is 3.19. The van der Waals surface area contributed by atoms with Crippen LogP contribution in [-0.2, 0) is 22.5 Å². The molecular formula is C17H21FN4O4. The van der Waals surface area contributed by atoms with Gasteiger partial charge < -0.3 is 18.9 Å². The Morgan fingerprint density at radius 1 is 1.38 bits per heavy atom. The van der Waals surface area contributed by atoms with Gasteiger partial charge in [0.15, 0.2) is 5.82 Å². The van der Waals surface area contributed by atoms with Gasteiger partial charge in [0.1, 0.15) is 18.1 Å². The van der Waals surface area contributed by atoms with Gasteiger partial charge in [-0.15, -0.1) is 0 Å². The number of carbonyl (C=O) groups excluding carboxylic acids is 1. The summed E-state index contributed by atoms with van der Waals surface area (Å²) in [7, 11) is 1.57. The lowest BCUT2D eigenvalue weighted by atomic mass is 10.1. The molecule has 1 aliphatic rings. The molecule has 0 atom stereocenters. The topological polar surface area (TPSA) is 90.6 Å². The van der Waals surface area contributed by atoms with E-state index in [9.17, 15) is 9.18 Å². The monoisotopic (exact) mass is 364 g/mol. The number of hydrogen-bond acceptors (Lipinski definition) is 7. The molecule has 0 unspecified atom stereocenters. The fourth-order valence-corrected chi connectivity index (χ4v) is 2.78. The van der Waals surface area contributed by atoms with E-state index in [1.54, 1.807) is 12.0 Å². The molecule has 2 aromatic rings. The van der Waals surface area contributed by atoms with E-state index in [4.69, 9.17) is 14.0 Å². The molecule has 3 rings (SSSR count). The Labute approximate surface area is 150 Å². The summed E-state index contributed by atoms with van der Waals surface area (Å²) < 4.78 is 28.7. The average Bonchev–Trinajstić information content (AvgIpc) is 3.10. The highest BCUT2D eigenvalue weighted by Crippen LogP contribution is 2.16. The number of pyridine rings is 1. The smallest absolute Gasteiger partial charge is 0.272 e. The van der Waals surface area contributed by atoms with E-state index in [1.165, 1.54) is 12.1 Å². The van der Waals surface area contributed by atoms with Crippen LogP contribution in [0.5, 0.6) is 0 Å². The van der Waals surface area contributed by atoms with Crippen LogP contribution in [0.15, 0.2) is 22.9 Å². The van der Waals surface area contributed by atoms with Gasteiger partial charge in [-0.3, -0.25) is 4.79 Å². The zero-order valence-electron chi connectivity index (χ0n) is 14.6. The molecule has 26 heavy (non-hydrogen) atoms. The summed E-state index contributed by atoms with van der Waals surface area (Å²) in [4.78, 5) is 22.1. The van der Waals surface area contributed by atoms with Gasteiger partial charge >= 0.3 is 0 Å². The summed E-state index contributed by atoms with van der Waals surface area (Å²) >= 11 is 0. The molecule has 0 spiro atoms. The first-order valence-corrected chi connectivity index (χ1v) is 8.48. The summed E-state index contributed by atoms with van der Waals surface area (Å²) in [5, 5.41) is 3.86. The van der Waals surface area contributed by atoms with E-state index in [0.29, 0.717) is 44.4 Å². The zero-order valence-corrected chi connectivity index (χ0v) is 14.6. The molecule has 2 aromatic heterocycles. The van der Waals surface area contributed by atoms with Crippen LogP contribution in [-0.4, -0.2) is 58.8 Å². The average molecular weight is 364 g/mol. The van der Waals surface area contributed by atoms with E-state index in [0.717, 1.165) is 19.0 Å². The number of carbonyl (C=O) groups is 1. The van der Waals surface area contributed by atoms with Gasteiger partial charge in [-0.05, 0) is 25.0 Å². The Kier molecular flexibility index (Phi) is 6.24. The maximum absolute atomic E-state index is 12.9. The van der Waals surface area contributed by atoms with Gasteiger partial charge in [0.2, 0.25) is 0 Å². The van der Waals surface area contributed by atoms with Crippen molar-refractivity contribution in [1.29, 1.82) is 0 Å². The first-order chi connectivity index (χ1) is 12.7. The van der Waals surface area contributed by atoms with Gasteiger partial charge in [0, 0.05) is 26.6 Å². The normalized spacial score (nSPS) is 15.4. The lowest BCUT2D eigenvalue weighted by Gasteiger charge is -2.31. The van der Waals surface area contributed by atoms with E-state index >= 15 is 0 Å². The van der Waals surface area contributed by atoms with Crippen molar-refractivity contribution in [1.82, 2.24) is 20.0 Å². The van der Waals surface area contributed by atoms with Crippen molar-refractivity contribution in [2.45, 2.75) is 32.0 Å². The molecule has 140 valence electrons. The Morgan fingerprint density at radius 3 is 2.88 bits per heavy atom. The number of methoxy groups -OCH3 is 1. The van der Waals surface area contributed by atoms with Crippen molar-refractivity contribution >= 4 is 5.91 Å². The number of halogens is 1. The van der Waals surface area contributed by atoms with E-state index in [2.05, 4.69) is 15.1 Å². The third-order valence-electron chi connectivity index (χ3n) is 4.13. The second-order valence-corrected chi connectivity index (χ2v) is 6.01. The first-order valence-electron chi connectivity index (χ1n) is 8.48. The van der Waals surface area contributed by atoms with Crippen molar-refractivity contribution in [2.75, 3.05) is 26.8 Å². The van der Waals surface area contributed by atoms with Gasteiger partial charge in [0.05, 0.1) is 18.9 Å². The van der Waals surface area contributed by atoms with Crippen molar-refractivity contribution in [3.63, 3.8) is 0 Å². The lowest BCUT2D eigenvalue weighted by Crippen LogP contribution is -2.41. The maximum atomic E-state index is 12.9. The molecule has 1 fully saturated rings. The maximum Gasteiger partial charge on any atom is 0.272 e. The molecule has 3 heterocycles. The first kappa shape index (κ1) is 18.4. The van der Waals surface area contributed by atoms with Gasteiger partial charge in [-0.25, -0.2) is 9.37 Å². The minimum atomic E-state index is -0.454. The summed E-state index contributed by atoms with van der Waals surface area (Å²) in [5.74, 6) is 0.404. The predicted molar refractivity (Wildman–Crippen MR) is 87.8 cm³/mol. The van der Waals surface area contributed by atoms with Crippen molar-refractivity contribution < 1.29 is 23.2 Å². The quantitative estimate of drug-likeness (QED) is 0.737. The molecule has 1 aliphatic heterocycles. The molecule has 1 amide bonds. The largest absolute Gasteiger partial charge is 0.378 e. The second kappa shape index (κ2) is 8.81. The minimum absolute atomic E-state index is 0.0885. The molecule has 0 bridgehead atoms. The summed E-state index contributed by atoms with van der Waals surface area (Å²) in [6, 6.07) is 2.65. The van der Waals surface area contributed by atoms with Gasteiger partial charge in [-0.1, -0.05) is 5.16 Å². The fraction of sp³-hybridized carbons (Fsp3) is 0.529. The highest BCUT2D eigenvalue weighted by Gasteiger charge is 2.24. The molecule has 0 aliphatic carbocycles. The van der Waals surface area contributed by atoms with E-state index in [1.807, 2.05) is 0 Å². The summed E-state index contributed by atoms with van der Waals surface area (Å²) in [5.41, 5.74) is 0.259. The number of nitrogens with zero attached hydrogens (tertiary/aromatic N) is 4. The molecule has 0 aromatic carbocycles. The van der Waals surface area contributed by atoms with Crippen LogP contribution in [0.3, 0.4) is 0 Å². The standard InChI is InChI=1S/C17H21FN4O4/c1-24-11-16-20-15(21-26-16)6-9-25-13-4-7-22(8-5-13)17(23)14-3-2-12(18)10-19-14/h2-3,10,13H,4-9,11H2,1H3. The van der Waals surface area contributed by atoms with Crippen molar-refractivity contribution in [3.05, 3.63) is 41.6 Å². The number of amides is 1. The highest BCUT2D eigenvalue weighted by molar-refractivity contribution is 5.92. The van der Waals surface area contributed by atoms with Crippen LogP contribution >= 0.6 is 0 Å². The fourth-order valence-electron chi connectivity index (χ4n) is 2.78. The van der Waals surface area contributed by atoms with Gasteiger partial charge in [-0.2, -0.15) is 4.98 Å². The van der Waals surface area contributed by atoms with Crippen LogP contribution in [0.2, 0.25) is 0 Å². The van der Waals surface area contributed by atoms with E-state index in [-0.39, 0.29) is 17.7 Å². The van der Waals surface area contributed by atoms with Crippen LogP contribution in [0.1, 0.15) is 35.0 Å². The van der Waals surface area contributed by atoms with Crippen LogP contribution in [0.4, 0.5) is 4.39 Å². The Balaban J connectivity index is 1.39. The second-order valence-electron chi connectivity index (χ2n) is 6.01. The highest BCUT2D eigenvalue weighted by atomic mass is 19.1. The lowest BCUT2D eigenvalue weighted by molar-refractivity contribution is 0.00931. The van der Waals surface area contributed by atoms with E-state index < -0.39 is 5.82 Å². The van der Waals surface area contributed by atoms with Crippen LogP contribution < -0.4 is 0 Å². The molecule has 0 saturated carbocycles. The number of piperidine rings is 1. The molecular weight excluding hydrogens is 343 g/mol. The number of hydrogen-bond donors (Lipinski definition) is 0. The minimum Gasteiger partial charge on any atom is -0.378 e. The van der Waals surface area contributed by atoms with Crippen molar-refractivity contribution in [3.8, 4) is 0 Å². The van der Waals surface area contributed by atoms with Crippen molar-refractivity contribution in [2.24, 2.45) is 0 Å². The van der Waals surface area contributed by atoms with Gasteiger partial charge in [0.25, 0.3) is 11.8 Å². The number of aromatic nitrogens is 3. The third-order valence-corrected chi connectivity index (χ3v) is 4.13. The Hall–Kier alpha value is -2.39.